The standard InChI is InChI=1S/C54H78O25/c1-20(55)43(59)48(64)51(68-10)30-13-28-11-27-12-29(75-37-18-35(74-26(7)56)50(24(5)72-37)78-36-15-32(58)49(67-9)23(4)71-36)14-31(57)41(27)46(62)42(28)47(63)52(30)79-39-17-33(44(60)22(3)70-39)76-38-16-34(45(61)21(2)69-38)77-40-19-54(8,66)53(65)25(6)73-40/h11-12,14,20-25,30,32-40,43-45,49-53,55,57-62,65-66H,13,15-19H2,1-10H3/t20-,21?,22?,23?,24?,25?,30?,32?,33?,34?,35?,36?,37?,38?,39?,40?,43+,44?,45?,49?,50?,51?,52+,53?,54?/m1/s1. The maximum absolute atomic E-state index is 15.0. The Morgan fingerprint density at radius 3 is 1.85 bits per heavy atom. The van der Waals surface area contributed by atoms with Gasteiger partial charge in [-0.2, -0.15) is 0 Å². The number of rotatable bonds is 17. The van der Waals surface area contributed by atoms with Crippen LogP contribution in [-0.4, -0.2) is 225 Å². The lowest BCUT2D eigenvalue weighted by Gasteiger charge is -2.46. The minimum Gasteiger partial charge on any atom is -0.507 e. The number of ether oxygens (including phenoxy) is 13. The number of benzene rings is 2. The molecule has 0 radical (unpaired) electrons. The highest BCUT2D eigenvalue weighted by atomic mass is 16.7. The van der Waals surface area contributed by atoms with Crippen molar-refractivity contribution in [2.75, 3.05) is 14.2 Å². The van der Waals surface area contributed by atoms with Crippen LogP contribution in [0.4, 0.5) is 0 Å². The number of fused-ring (bicyclic) bond motifs is 2. The summed E-state index contributed by atoms with van der Waals surface area (Å²) in [7, 11) is 2.65. The van der Waals surface area contributed by atoms with E-state index >= 15 is 4.79 Å². The zero-order valence-electron chi connectivity index (χ0n) is 45.9. The van der Waals surface area contributed by atoms with Crippen LogP contribution in [-0.2, 0) is 72.9 Å². The van der Waals surface area contributed by atoms with E-state index < -0.39 is 182 Å². The van der Waals surface area contributed by atoms with Gasteiger partial charge in [0.25, 0.3) is 0 Å². The van der Waals surface area contributed by atoms with Crippen LogP contribution < -0.4 is 4.74 Å². The number of aromatic hydroxyl groups is 2. The topological polar surface area (TPSA) is 353 Å². The van der Waals surface area contributed by atoms with Crippen molar-refractivity contribution in [3.05, 3.63) is 29.3 Å². The van der Waals surface area contributed by atoms with Crippen molar-refractivity contribution in [1.82, 2.24) is 0 Å². The van der Waals surface area contributed by atoms with Crippen molar-refractivity contribution in [2.24, 2.45) is 5.92 Å². The second kappa shape index (κ2) is 25.0. The normalized spacial score (nSPS) is 41.2. The van der Waals surface area contributed by atoms with Crippen molar-refractivity contribution in [3.8, 4) is 17.2 Å². The lowest BCUT2D eigenvalue weighted by molar-refractivity contribution is -0.334. The minimum absolute atomic E-state index is 0.0447. The second-order valence-electron chi connectivity index (χ2n) is 22.1. The van der Waals surface area contributed by atoms with Crippen LogP contribution in [0.3, 0.4) is 0 Å². The van der Waals surface area contributed by atoms with E-state index in [2.05, 4.69) is 0 Å². The van der Waals surface area contributed by atoms with Gasteiger partial charge in [0, 0.05) is 65.2 Å². The zero-order chi connectivity index (χ0) is 57.7. The maximum atomic E-state index is 15.0. The molecule has 2 aromatic rings. The van der Waals surface area contributed by atoms with Gasteiger partial charge in [-0.05, 0) is 78.0 Å². The maximum Gasteiger partial charge on any atom is 0.303 e. The van der Waals surface area contributed by atoms with Gasteiger partial charge in [0.1, 0.15) is 72.2 Å². The molecule has 25 atom stereocenters. The molecular weight excluding hydrogens is 1050 g/mol. The van der Waals surface area contributed by atoms with Crippen LogP contribution in [0.2, 0.25) is 0 Å². The first-order valence-electron chi connectivity index (χ1n) is 26.9. The predicted octanol–water partition coefficient (Wildman–Crippen LogP) is 0.667. The van der Waals surface area contributed by atoms with Gasteiger partial charge in [0.05, 0.1) is 71.5 Å². The molecule has 5 fully saturated rings. The van der Waals surface area contributed by atoms with Gasteiger partial charge < -0.3 is 108 Å². The highest BCUT2D eigenvalue weighted by Gasteiger charge is 2.52. The Morgan fingerprint density at radius 1 is 0.709 bits per heavy atom. The number of aliphatic hydroxyl groups is 7. The summed E-state index contributed by atoms with van der Waals surface area (Å²) >= 11 is 0. The van der Waals surface area contributed by atoms with Crippen LogP contribution in [0.5, 0.6) is 17.2 Å². The molecule has 9 N–H and O–H groups in total. The molecule has 0 aromatic heterocycles. The summed E-state index contributed by atoms with van der Waals surface area (Å²) < 4.78 is 78.1. The van der Waals surface area contributed by atoms with E-state index in [1.54, 1.807) is 27.7 Å². The Kier molecular flexibility index (Phi) is 19.4. The molecule has 0 saturated carbocycles. The average molecular weight is 1130 g/mol. The number of carbonyl (C=O) groups excluding carboxylic acids is 3. The van der Waals surface area contributed by atoms with Crippen LogP contribution in [0.25, 0.3) is 10.8 Å². The molecule has 6 aliphatic rings. The van der Waals surface area contributed by atoms with Gasteiger partial charge >= 0.3 is 5.97 Å². The summed E-state index contributed by atoms with van der Waals surface area (Å²) in [5.74, 6) is -4.80. The molecule has 5 heterocycles. The van der Waals surface area contributed by atoms with E-state index in [0.717, 1.165) is 0 Å². The SMILES string of the molecule is COC(C(=O)[C@@H](O)[C@@H](C)O)C1Cc2cc3cc(OC4CC(OC(C)=O)C(OC5CC(O)C(OC)C(C)O5)C(C)O4)cc(O)c3c(O)c2C(=O)[C@H]1OC1CC(OC2CC(OC3CC(C)(O)C(O)C(C)O3)C(O)C(C)O2)C(O)C(C)O1. The van der Waals surface area contributed by atoms with Crippen LogP contribution in [0.15, 0.2) is 18.2 Å². The van der Waals surface area contributed by atoms with Crippen LogP contribution >= 0.6 is 0 Å². The van der Waals surface area contributed by atoms with Crippen molar-refractivity contribution in [2.45, 2.75) is 241 Å². The fourth-order valence-electron chi connectivity index (χ4n) is 11.9. The van der Waals surface area contributed by atoms with Gasteiger partial charge in [-0.1, -0.05) is 0 Å². The Balaban J connectivity index is 1.02. The molecule has 8 rings (SSSR count). The van der Waals surface area contributed by atoms with E-state index in [-0.39, 0.29) is 66.2 Å². The minimum atomic E-state index is -1.95. The molecular formula is C54H78O25. The Bertz CT molecular complexity index is 2440. The lowest BCUT2D eigenvalue weighted by Crippen LogP contribution is -2.58. The van der Waals surface area contributed by atoms with Gasteiger partial charge in [-0.3, -0.25) is 14.4 Å². The third-order valence-corrected chi connectivity index (χ3v) is 16.0. The summed E-state index contributed by atoms with van der Waals surface area (Å²) in [6.45, 7) is 12.0. The predicted molar refractivity (Wildman–Crippen MR) is 268 cm³/mol. The third-order valence-electron chi connectivity index (χ3n) is 16.0. The first kappa shape index (κ1) is 61.3. The van der Waals surface area contributed by atoms with Crippen molar-refractivity contribution in [1.29, 1.82) is 0 Å². The molecule has 5 aliphatic heterocycles. The molecule has 5 saturated heterocycles. The van der Waals surface area contributed by atoms with Crippen molar-refractivity contribution in [3.63, 3.8) is 0 Å². The summed E-state index contributed by atoms with van der Waals surface area (Å²) in [5.41, 5.74) is -1.63. The van der Waals surface area contributed by atoms with E-state index in [1.807, 2.05) is 0 Å². The summed E-state index contributed by atoms with van der Waals surface area (Å²) in [5, 5.41) is 99.2. The highest BCUT2D eigenvalue weighted by molar-refractivity contribution is 6.11. The lowest BCUT2D eigenvalue weighted by atomic mass is 9.75. The number of ketones is 2. The number of Topliss-reactive ketones (excluding diaryl/α,β-unsaturated/α-hetero) is 2. The first-order chi connectivity index (χ1) is 37.2. The molecule has 25 nitrogen and oxygen atoms in total. The van der Waals surface area contributed by atoms with Gasteiger partial charge in [0.2, 0.25) is 6.29 Å². The van der Waals surface area contributed by atoms with Crippen molar-refractivity contribution >= 4 is 28.3 Å². The first-order valence-corrected chi connectivity index (χ1v) is 26.9. The second-order valence-corrected chi connectivity index (χ2v) is 22.1. The average Bonchev–Trinajstić information content (AvgIpc) is 3.57. The highest BCUT2D eigenvalue weighted by Crippen LogP contribution is 2.46. The molecule has 0 amide bonds. The molecule has 79 heavy (non-hydrogen) atoms. The van der Waals surface area contributed by atoms with Crippen LogP contribution in [0, 0.1) is 5.92 Å². The summed E-state index contributed by atoms with van der Waals surface area (Å²) in [4.78, 5) is 41.3. The molecule has 1 aliphatic carbocycles. The van der Waals surface area contributed by atoms with Gasteiger partial charge in [-0.15, -0.1) is 0 Å². The molecule has 0 spiro atoms. The van der Waals surface area contributed by atoms with Gasteiger partial charge in [-0.25, -0.2) is 0 Å². The van der Waals surface area contributed by atoms with E-state index in [0.29, 0.717) is 0 Å². The Hall–Kier alpha value is -3.81. The number of hydrogen-bond donors (Lipinski definition) is 9. The monoisotopic (exact) mass is 1130 g/mol. The molecule has 444 valence electrons. The molecule has 22 unspecified atom stereocenters. The molecule has 2 aromatic carbocycles. The zero-order valence-corrected chi connectivity index (χ0v) is 45.9. The Labute approximate surface area is 456 Å². The fourth-order valence-corrected chi connectivity index (χ4v) is 11.9. The number of hydrogen-bond acceptors (Lipinski definition) is 25. The number of carbonyl (C=O) groups is 3. The number of phenols is 2. The quantitative estimate of drug-likeness (QED) is 0.0983. The van der Waals surface area contributed by atoms with E-state index in [1.165, 1.54) is 60.1 Å². The summed E-state index contributed by atoms with van der Waals surface area (Å²) in [6.07, 6.45) is -25.6. The smallest absolute Gasteiger partial charge is 0.303 e. The van der Waals surface area contributed by atoms with Gasteiger partial charge in [0.15, 0.2) is 36.7 Å². The number of methoxy groups -OCH3 is 2. The number of esters is 1. The fraction of sp³-hybridized carbons (Fsp3) is 0.759. The number of phenolic OH excluding ortho intramolecular Hbond substituents is 2. The molecule has 0 bridgehead atoms. The Morgan fingerprint density at radius 2 is 1.27 bits per heavy atom. The van der Waals surface area contributed by atoms with E-state index in [9.17, 15) is 55.5 Å². The number of aliphatic hydroxyl groups excluding tert-OH is 6. The van der Waals surface area contributed by atoms with Crippen molar-refractivity contribution < 1.29 is 122 Å². The van der Waals surface area contributed by atoms with Crippen LogP contribution in [0.1, 0.15) is 103 Å². The van der Waals surface area contributed by atoms with E-state index in [4.69, 9.17) is 61.6 Å². The third kappa shape index (κ3) is 13.2. The summed E-state index contributed by atoms with van der Waals surface area (Å²) in [6, 6.07) is 4.19. The molecule has 25 heteroatoms. The largest absolute Gasteiger partial charge is 0.507 e.